The quantitative estimate of drug-likeness (QED) is 0.372. The van der Waals surface area contributed by atoms with E-state index in [9.17, 15) is 9.59 Å². The number of esters is 1. The van der Waals surface area contributed by atoms with E-state index in [1.165, 1.54) is 18.4 Å². The van der Waals surface area contributed by atoms with Crippen LogP contribution in [0.3, 0.4) is 0 Å². The van der Waals surface area contributed by atoms with Crippen molar-refractivity contribution in [3.63, 3.8) is 0 Å². The standard InChI is InChI=1S/C24H19ClN2O3S/c1-13-14(2)31-23(21(13)24(29)30-3)27-22(28)18-12-20(15-8-10-16(25)11-9-15)26-19-7-5-4-6-17(18)19/h4-12H,1-3H3,(H,27,28). The van der Waals surface area contributed by atoms with Gasteiger partial charge in [-0.2, -0.15) is 0 Å². The maximum atomic E-state index is 13.3. The number of ether oxygens (including phenoxy) is 1. The number of nitrogens with zero attached hydrogens (tertiary/aromatic N) is 1. The van der Waals surface area contributed by atoms with Crippen LogP contribution in [0.15, 0.2) is 54.6 Å². The Balaban J connectivity index is 1.81. The van der Waals surface area contributed by atoms with Crippen LogP contribution in [0.5, 0.6) is 0 Å². The van der Waals surface area contributed by atoms with Gasteiger partial charge in [-0.05, 0) is 43.7 Å². The van der Waals surface area contributed by atoms with Gasteiger partial charge in [0.05, 0.1) is 29.4 Å². The van der Waals surface area contributed by atoms with E-state index in [0.29, 0.717) is 32.4 Å². The van der Waals surface area contributed by atoms with E-state index < -0.39 is 5.97 Å². The summed E-state index contributed by atoms with van der Waals surface area (Å²) in [6, 6.07) is 16.5. The van der Waals surface area contributed by atoms with Gasteiger partial charge in [0.25, 0.3) is 5.91 Å². The fourth-order valence-electron chi connectivity index (χ4n) is 3.37. The van der Waals surface area contributed by atoms with E-state index in [-0.39, 0.29) is 5.91 Å². The number of fused-ring (bicyclic) bond motifs is 1. The third-order valence-electron chi connectivity index (χ3n) is 5.10. The number of hydrogen-bond acceptors (Lipinski definition) is 5. The monoisotopic (exact) mass is 450 g/mol. The Kier molecular flexibility index (Phi) is 5.76. The van der Waals surface area contributed by atoms with Gasteiger partial charge in [-0.25, -0.2) is 9.78 Å². The fourth-order valence-corrected chi connectivity index (χ4v) is 4.53. The highest BCUT2D eigenvalue weighted by Gasteiger charge is 2.23. The van der Waals surface area contributed by atoms with Crippen molar-refractivity contribution in [2.75, 3.05) is 12.4 Å². The average Bonchev–Trinajstić information content (AvgIpc) is 3.05. The zero-order valence-corrected chi connectivity index (χ0v) is 18.7. The van der Waals surface area contributed by atoms with Crippen LogP contribution >= 0.6 is 22.9 Å². The van der Waals surface area contributed by atoms with Crippen LogP contribution in [0.2, 0.25) is 5.02 Å². The number of para-hydroxylation sites is 1. The molecule has 31 heavy (non-hydrogen) atoms. The summed E-state index contributed by atoms with van der Waals surface area (Å²) in [5.74, 6) is -0.793. The van der Waals surface area contributed by atoms with Crippen LogP contribution in [0.25, 0.3) is 22.2 Å². The number of methoxy groups -OCH3 is 1. The Morgan fingerprint density at radius 2 is 1.77 bits per heavy atom. The van der Waals surface area contributed by atoms with Gasteiger partial charge in [-0.1, -0.05) is 41.9 Å². The first-order valence-electron chi connectivity index (χ1n) is 9.54. The Morgan fingerprint density at radius 1 is 1.06 bits per heavy atom. The molecule has 0 aliphatic carbocycles. The van der Waals surface area contributed by atoms with Crippen LogP contribution < -0.4 is 5.32 Å². The number of rotatable bonds is 4. The maximum Gasteiger partial charge on any atom is 0.341 e. The minimum atomic E-state index is -0.474. The number of anilines is 1. The molecule has 4 rings (SSSR count). The van der Waals surface area contributed by atoms with Gasteiger partial charge in [-0.15, -0.1) is 11.3 Å². The Labute approximate surface area is 188 Å². The van der Waals surface area contributed by atoms with Gasteiger partial charge in [0.1, 0.15) is 5.00 Å². The zero-order chi connectivity index (χ0) is 22.1. The summed E-state index contributed by atoms with van der Waals surface area (Å²) in [5.41, 5.74) is 3.86. The SMILES string of the molecule is COC(=O)c1c(NC(=O)c2cc(-c3ccc(Cl)cc3)nc3ccccc23)sc(C)c1C. The van der Waals surface area contributed by atoms with Crippen molar-refractivity contribution in [3.05, 3.63) is 81.2 Å². The summed E-state index contributed by atoms with van der Waals surface area (Å²) in [5, 5.41) is 4.74. The molecule has 1 amide bonds. The molecule has 0 saturated carbocycles. The van der Waals surface area contributed by atoms with Crippen molar-refractivity contribution in [2.24, 2.45) is 0 Å². The van der Waals surface area contributed by atoms with Gasteiger partial charge in [0, 0.05) is 20.8 Å². The molecule has 156 valence electrons. The first-order valence-corrected chi connectivity index (χ1v) is 10.7. The number of pyridine rings is 1. The number of halogens is 1. The molecule has 0 saturated heterocycles. The van der Waals surface area contributed by atoms with Gasteiger partial charge < -0.3 is 10.1 Å². The second kappa shape index (κ2) is 8.49. The van der Waals surface area contributed by atoms with Crippen molar-refractivity contribution in [3.8, 4) is 11.3 Å². The van der Waals surface area contributed by atoms with Crippen molar-refractivity contribution >= 4 is 50.7 Å². The lowest BCUT2D eigenvalue weighted by Crippen LogP contribution is -2.15. The molecule has 0 fully saturated rings. The predicted molar refractivity (Wildman–Crippen MR) is 125 cm³/mol. The highest BCUT2D eigenvalue weighted by molar-refractivity contribution is 7.16. The van der Waals surface area contributed by atoms with E-state index in [2.05, 4.69) is 5.32 Å². The Hall–Kier alpha value is -3.22. The van der Waals surface area contributed by atoms with E-state index in [0.717, 1.165) is 21.4 Å². The number of carbonyl (C=O) groups is 2. The predicted octanol–water partition coefficient (Wildman–Crippen LogP) is 6.27. The molecule has 4 aromatic rings. The molecule has 7 heteroatoms. The number of hydrogen-bond donors (Lipinski definition) is 1. The summed E-state index contributed by atoms with van der Waals surface area (Å²) < 4.78 is 4.91. The summed E-state index contributed by atoms with van der Waals surface area (Å²) in [4.78, 5) is 31.3. The molecule has 0 aliphatic rings. The molecule has 0 radical (unpaired) electrons. The number of carbonyl (C=O) groups excluding carboxylic acids is 2. The number of amides is 1. The summed E-state index contributed by atoms with van der Waals surface area (Å²) in [6.07, 6.45) is 0. The molecule has 2 aromatic carbocycles. The van der Waals surface area contributed by atoms with Crippen molar-refractivity contribution in [2.45, 2.75) is 13.8 Å². The van der Waals surface area contributed by atoms with Gasteiger partial charge in [-0.3, -0.25) is 4.79 Å². The van der Waals surface area contributed by atoms with Crippen LogP contribution in [0.4, 0.5) is 5.00 Å². The normalized spacial score (nSPS) is 10.8. The fraction of sp³-hybridized carbons (Fsp3) is 0.125. The largest absolute Gasteiger partial charge is 0.465 e. The molecule has 0 bridgehead atoms. The van der Waals surface area contributed by atoms with Crippen molar-refractivity contribution in [1.29, 1.82) is 0 Å². The lowest BCUT2D eigenvalue weighted by molar-refractivity contribution is 0.0601. The minimum Gasteiger partial charge on any atom is -0.465 e. The summed E-state index contributed by atoms with van der Waals surface area (Å²) in [7, 11) is 1.33. The molecule has 0 unspecified atom stereocenters. The lowest BCUT2D eigenvalue weighted by atomic mass is 10.0. The van der Waals surface area contributed by atoms with Crippen molar-refractivity contribution < 1.29 is 14.3 Å². The van der Waals surface area contributed by atoms with E-state index in [1.54, 1.807) is 18.2 Å². The molecule has 1 N–H and O–H groups in total. The van der Waals surface area contributed by atoms with Gasteiger partial charge >= 0.3 is 5.97 Å². The topological polar surface area (TPSA) is 68.3 Å². The number of nitrogens with one attached hydrogen (secondary N) is 1. The van der Waals surface area contributed by atoms with Crippen LogP contribution in [-0.2, 0) is 4.74 Å². The highest BCUT2D eigenvalue weighted by Crippen LogP contribution is 2.34. The number of thiophene rings is 1. The first kappa shape index (κ1) is 21.0. The molecule has 5 nitrogen and oxygen atoms in total. The lowest BCUT2D eigenvalue weighted by Gasteiger charge is -2.11. The third-order valence-corrected chi connectivity index (χ3v) is 6.48. The van der Waals surface area contributed by atoms with Crippen LogP contribution in [-0.4, -0.2) is 24.0 Å². The Bertz CT molecular complexity index is 1310. The molecule has 0 atom stereocenters. The summed E-state index contributed by atoms with van der Waals surface area (Å²) >= 11 is 7.36. The van der Waals surface area contributed by atoms with E-state index >= 15 is 0 Å². The summed E-state index contributed by atoms with van der Waals surface area (Å²) in [6.45, 7) is 3.75. The first-order chi connectivity index (χ1) is 14.9. The maximum absolute atomic E-state index is 13.3. The zero-order valence-electron chi connectivity index (χ0n) is 17.2. The number of aryl methyl sites for hydroxylation is 1. The Morgan fingerprint density at radius 3 is 2.48 bits per heavy atom. The highest BCUT2D eigenvalue weighted by atomic mass is 35.5. The van der Waals surface area contributed by atoms with Gasteiger partial charge in [0.2, 0.25) is 0 Å². The van der Waals surface area contributed by atoms with Gasteiger partial charge in [0.15, 0.2) is 0 Å². The average molecular weight is 451 g/mol. The minimum absolute atomic E-state index is 0.319. The van der Waals surface area contributed by atoms with E-state index in [4.69, 9.17) is 21.3 Å². The third kappa shape index (κ3) is 4.04. The molecule has 0 spiro atoms. The molecular weight excluding hydrogens is 432 g/mol. The second-order valence-corrected chi connectivity index (χ2v) is 8.67. The van der Waals surface area contributed by atoms with Crippen molar-refractivity contribution in [1.82, 2.24) is 4.98 Å². The number of aromatic nitrogens is 1. The van der Waals surface area contributed by atoms with Crippen LogP contribution in [0, 0.1) is 13.8 Å². The molecule has 2 aromatic heterocycles. The van der Waals surface area contributed by atoms with E-state index in [1.807, 2.05) is 50.2 Å². The second-order valence-electron chi connectivity index (χ2n) is 7.01. The number of benzene rings is 2. The molecule has 0 aliphatic heterocycles. The van der Waals surface area contributed by atoms with Crippen LogP contribution in [0.1, 0.15) is 31.2 Å². The smallest absolute Gasteiger partial charge is 0.341 e. The molecule has 2 heterocycles. The molecular formula is C24H19ClN2O3S.